The maximum atomic E-state index is 2.29. The highest BCUT2D eigenvalue weighted by Gasteiger charge is 2.14. The van der Waals surface area contributed by atoms with Crippen LogP contribution < -0.4 is 0 Å². The zero-order valence-electron chi connectivity index (χ0n) is 6.73. The fourth-order valence-corrected chi connectivity index (χ4v) is 2.50. The molecule has 9 heavy (non-hydrogen) atoms. The van der Waals surface area contributed by atoms with Crippen molar-refractivity contribution in [1.29, 1.82) is 0 Å². The Balaban J connectivity index is 3.33. The SMILES string of the molecule is CCSSC(C)(C)CC. The van der Waals surface area contributed by atoms with Crippen LogP contribution in [0.25, 0.3) is 0 Å². The molecule has 0 bridgehead atoms. The van der Waals surface area contributed by atoms with Crippen molar-refractivity contribution < 1.29 is 0 Å². The van der Waals surface area contributed by atoms with Gasteiger partial charge in [0.15, 0.2) is 0 Å². The summed E-state index contributed by atoms with van der Waals surface area (Å²) < 4.78 is 0.473. The summed E-state index contributed by atoms with van der Waals surface area (Å²) in [6, 6.07) is 0. The molecule has 0 aromatic rings. The zero-order chi connectivity index (χ0) is 7.33. The topological polar surface area (TPSA) is 0 Å². The highest BCUT2D eigenvalue weighted by Crippen LogP contribution is 2.37. The molecule has 0 fully saturated rings. The predicted octanol–water partition coefficient (Wildman–Crippen LogP) is 3.58. The average Bonchev–Trinajstić information content (AvgIpc) is 1.84. The second kappa shape index (κ2) is 4.51. The first-order valence-corrected chi connectivity index (χ1v) is 5.75. The van der Waals surface area contributed by atoms with E-state index < -0.39 is 0 Å². The van der Waals surface area contributed by atoms with Gasteiger partial charge in [-0.05, 0) is 20.3 Å². The van der Waals surface area contributed by atoms with Gasteiger partial charge in [-0.3, -0.25) is 0 Å². The molecule has 0 N–H and O–H groups in total. The maximum Gasteiger partial charge on any atom is 0.0204 e. The van der Waals surface area contributed by atoms with Gasteiger partial charge in [0.05, 0.1) is 0 Å². The van der Waals surface area contributed by atoms with Crippen LogP contribution in [0.1, 0.15) is 34.1 Å². The Morgan fingerprint density at radius 3 is 2.11 bits per heavy atom. The van der Waals surface area contributed by atoms with E-state index in [1.807, 2.05) is 21.6 Å². The van der Waals surface area contributed by atoms with Crippen LogP contribution in [0.2, 0.25) is 0 Å². The van der Waals surface area contributed by atoms with E-state index in [0.29, 0.717) is 4.75 Å². The minimum absolute atomic E-state index is 0.473. The zero-order valence-corrected chi connectivity index (χ0v) is 8.36. The third-order valence-electron chi connectivity index (χ3n) is 1.25. The summed E-state index contributed by atoms with van der Waals surface area (Å²) in [5.41, 5.74) is 0. The van der Waals surface area contributed by atoms with Crippen molar-refractivity contribution in [1.82, 2.24) is 0 Å². The smallest absolute Gasteiger partial charge is 0.0204 e. The third-order valence-corrected chi connectivity index (χ3v) is 4.76. The quantitative estimate of drug-likeness (QED) is 0.583. The van der Waals surface area contributed by atoms with Crippen molar-refractivity contribution in [2.24, 2.45) is 0 Å². The molecule has 0 aliphatic rings. The molecule has 0 unspecified atom stereocenters. The second-order valence-electron chi connectivity index (χ2n) is 2.60. The molecule has 0 aromatic carbocycles. The van der Waals surface area contributed by atoms with Crippen LogP contribution in [0.4, 0.5) is 0 Å². The van der Waals surface area contributed by atoms with Crippen LogP contribution >= 0.6 is 21.6 Å². The molecule has 0 heterocycles. The van der Waals surface area contributed by atoms with Gasteiger partial charge in [-0.1, -0.05) is 35.4 Å². The van der Waals surface area contributed by atoms with E-state index in [-0.39, 0.29) is 0 Å². The van der Waals surface area contributed by atoms with Gasteiger partial charge < -0.3 is 0 Å². The van der Waals surface area contributed by atoms with Crippen molar-refractivity contribution in [3.63, 3.8) is 0 Å². The van der Waals surface area contributed by atoms with Gasteiger partial charge in [0.2, 0.25) is 0 Å². The molecule has 56 valence electrons. The van der Waals surface area contributed by atoms with Gasteiger partial charge in [-0.2, -0.15) is 0 Å². The summed E-state index contributed by atoms with van der Waals surface area (Å²) in [4.78, 5) is 0. The van der Waals surface area contributed by atoms with E-state index >= 15 is 0 Å². The Bertz CT molecular complexity index is 69.3. The van der Waals surface area contributed by atoms with Crippen LogP contribution in [-0.2, 0) is 0 Å². The highest BCUT2D eigenvalue weighted by atomic mass is 33.1. The minimum atomic E-state index is 0.473. The fraction of sp³-hybridized carbons (Fsp3) is 1.00. The average molecular weight is 164 g/mol. The van der Waals surface area contributed by atoms with E-state index in [2.05, 4.69) is 27.7 Å². The highest BCUT2D eigenvalue weighted by molar-refractivity contribution is 8.77. The van der Waals surface area contributed by atoms with E-state index in [4.69, 9.17) is 0 Å². The summed E-state index contributed by atoms with van der Waals surface area (Å²) in [6.07, 6.45) is 1.25. The Kier molecular flexibility index (Phi) is 4.86. The molecule has 0 aliphatic carbocycles. The summed E-state index contributed by atoms with van der Waals surface area (Å²) in [5, 5.41) is 0. The third kappa shape index (κ3) is 5.16. The Morgan fingerprint density at radius 1 is 1.22 bits per heavy atom. The Hall–Kier alpha value is 0.700. The largest absolute Gasteiger partial charge is 0.0939 e. The number of rotatable bonds is 4. The van der Waals surface area contributed by atoms with Gasteiger partial charge in [0, 0.05) is 10.5 Å². The van der Waals surface area contributed by atoms with Crippen LogP contribution in [0.5, 0.6) is 0 Å². The molecule has 0 saturated carbocycles. The molecule has 0 atom stereocenters. The lowest BCUT2D eigenvalue weighted by molar-refractivity contribution is 0.690. The van der Waals surface area contributed by atoms with Crippen LogP contribution in [0, 0.1) is 0 Å². The van der Waals surface area contributed by atoms with Gasteiger partial charge in [-0.15, -0.1) is 0 Å². The Morgan fingerprint density at radius 2 is 1.78 bits per heavy atom. The second-order valence-corrected chi connectivity index (χ2v) is 5.90. The van der Waals surface area contributed by atoms with Crippen molar-refractivity contribution >= 4 is 21.6 Å². The normalized spacial score (nSPS) is 12.0. The Labute approximate surface area is 66.6 Å². The van der Waals surface area contributed by atoms with Crippen LogP contribution in [0.15, 0.2) is 0 Å². The molecule has 0 amide bonds. The summed E-state index contributed by atoms with van der Waals surface area (Å²) in [6.45, 7) is 9.02. The predicted molar refractivity (Wildman–Crippen MR) is 50.1 cm³/mol. The lowest BCUT2D eigenvalue weighted by Crippen LogP contribution is -2.10. The van der Waals surface area contributed by atoms with Crippen LogP contribution in [-0.4, -0.2) is 10.5 Å². The van der Waals surface area contributed by atoms with E-state index in [9.17, 15) is 0 Å². The lowest BCUT2D eigenvalue weighted by atomic mass is 10.1. The van der Waals surface area contributed by atoms with Crippen molar-refractivity contribution in [3.05, 3.63) is 0 Å². The van der Waals surface area contributed by atoms with Crippen molar-refractivity contribution in [2.75, 3.05) is 5.75 Å². The first-order chi connectivity index (χ1) is 4.12. The fourth-order valence-electron chi connectivity index (χ4n) is 0.277. The molecule has 0 spiro atoms. The summed E-state index contributed by atoms with van der Waals surface area (Å²) in [7, 11) is 3.95. The summed E-state index contributed by atoms with van der Waals surface area (Å²) in [5.74, 6) is 1.22. The number of hydrogen-bond donors (Lipinski definition) is 0. The molecule has 0 aromatic heterocycles. The first-order valence-electron chi connectivity index (χ1n) is 3.43. The minimum Gasteiger partial charge on any atom is -0.0939 e. The first kappa shape index (κ1) is 9.70. The molecule has 0 aliphatic heterocycles. The summed E-state index contributed by atoms with van der Waals surface area (Å²) >= 11 is 0. The van der Waals surface area contributed by atoms with Gasteiger partial charge >= 0.3 is 0 Å². The van der Waals surface area contributed by atoms with Gasteiger partial charge in [-0.25, -0.2) is 0 Å². The molecule has 0 nitrogen and oxygen atoms in total. The number of hydrogen-bond acceptors (Lipinski definition) is 2. The van der Waals surface area contributed by atoms with E-state index in [1.54, 1.807) is 0 Å². The molecule has 0 rings (SSSR count). The van der Waals surface area contributed by atoms with Crippen molar-refractivity contribution in [2.45, 2.75) is 38.9 Å². The molecule has 2 heteroatoms. The van der Waals surface area contributed by atoms with E-state index in [0.717, 1.165) is 0 Å². The standard InChI is InChI=1S/C7H16S2/c1-5-7(3,4)9-8-6-2/h5-6H2,1-4H3. The van der Waals surface area contributed by atoms with E-state index in [1.165, 1.54) is 12.2 Å². The maximum absolute atomic E-state index is 2.29. The lowest BCUT2D eigenvalue weighted by Gasteiger charge is -2.19. The monoisotopic (exact) mass is 164 g/mol. The molecular weight excluding hydrogens is 148 g/mol. The van der Waals surface area contributed by atoms with Gasteiger partial charge in [0.25, 0.3) is 0 Å². The van der Waals surface area contributed by atoms with Gasteiger partial charge in [0.1, 0.15) is 0 Å². The molecular formula is C7H16S2. The van der Waals surface area contributed by atoms with Crippen molar-refractivity contribution in [3.8, 4) is 0 Å². The van der Waals surface area contributed by atoms with Crippen LogP contribution in [0.3, 0.4) is 0 Å². The molecule has 0 saturated heterocycles. The molecule has 0 radical (unpaired) electrons.